The Balaban J connectivity index is 1.79. The number of hydrogen-bond acceptors (Lipinski definition) is 4. The Kier molecular flexibility index (Phi) is 7.02. The molecule has 0 atom stereocenters. The van der Waals surface area contributed by atoms with Gasteiger partial charge in [0.1, 0.15) is 5.75 Å². The SMILES string of the molecule is CN(C)C(=O)COc1cccc(CNC(=O)CCc2ccccc2N)c1. The normalized spacial score (nSPS) is 10.2. The van der Waals surface area contributed by atoms with Crippen molar-refractivity contribution >= 4 is 17.5 Å². The van der Waals surface area contributed by atoms with Gasteiger partial charge in [-0.2, -0.15) is 0 Å². The van der Waals surface area contributed by atoms with Crippen LogP contribution in [0.3, 0.4) is 0 Å². The van der Waals surface area contributed by atoms with Gasteiger partial charge in [-0.05, 0) is 35.7 Å². The lowest BCUT2D eigenvalue weighted by Crippen LogP contribution is -2.27. The summed E-state index contributed by atoms with van der Waals surface area (Å²) in [5, 5.41) is 2.89. The van der Waals surface area contributed by atoms with E-state index in [4.69, 9.17) is 10.5 Å². The highest BCUT2D eigenvalue weighted by molar-refractivity contribution is 5.77. The van der Waals surface area contributed by atoms with Crippen molar-refractivity contribution < 1.29 is 14.3 Å². The lowest BCUT2D eigenvalue weighted by Gasteiger charge is -2.12. The first-order valence-electron chi connectivity index (χ1n) is 8.47. The van der Waals surface area contributed by atoms with Crippen LogP contribution in [0.5, 0.6) is 5.75 Å². The summed E-state index contributed by atoms with van der Waals surface area (Å²) >= 11 is 0. The maximum absolute atomic E-state index is 12.0. The van der Waals surface area contributed by atoms with Gasteiger partial charge in [0.15, 0.2) is 6.61 Å². The van der Waals surface area contributed by atoms with Gasteiger partial charge in [-0.15, -0.1) is 0 Å². The van der Waals surface area contributed by atoms with Crippen LogP contribution in [-0.2, 0) is 22.6 Å². The molecule has 6 heteroatoms. The fourth-order valence-corrected chi connectivity index (χ4v) is 2.32. The number of nitrogens with one attached hydrogen (secondary N) is 1. The Bertz CT molecular complexity index is 759. The molecule has 2 rings (SSSR count). The van der Waals surface area contributed by atoms with Gasteiger partial charge in [0, 0.05) is 32.7 Å². The summed E-state index contributed by atoms with van der Waals surface area (Å²) < 4.78 is 5.48. The van der Waals surface area contributed by atoms with E-state index < -0.39 is 0 Å². The van der Waals surface area contributed by atoms with Gasteiger partial charge in [0.05, 0.1) is 0 Å². The molecule has 0 radical (unpaired) electrons. The third kappa shape index (κ3) is 6.12. The molecule has 26 heavy (non-hydrogen) atoms. The molecule has 0 aliphatic rings. The number of carbonyl (C=O) groups is 2. The zero-order valence-corrected chi connectivity index (χ0v) is 15.2. The van der Waals surface area contributed by atoms with Gasteiger partial charge in [-0.25, -0.2) is 0 Å². The van der Waals surface area contributed by atoms with Crippen molar-refractivity contribution in [3.63, 3.8) is 0 Å². The first-order chi connectivity index (χ1) is 12.5. The molecule has 2 aromatic carbocycles. The number of amides is 2. The Morgan fingerprint density at radius 3 is 2.62 bits per heavy atom. The van der Waals surface area contributed by atoms with E-state index >= 15 is 0 Å². The molecule has 138 valence electrons. The average molecular weight is 355 g/mol. The number of benzene rings is 2. The van der Waals surface area contributed by atoms with E-state index in [1.54, 1.807) is 20.2 Å². The summed E-state index contributed by atoms with van der Waals surface area (Å²) in [5.41, 5.74) is 8.48. The molecule has 0 bridgehead atoms. The second-order valence-electron chi connectivity index (χ2n) is 6.20. The number of carbonyl (C=O) groups excluding carboxylic acids is 2. The molecule has 0 heterocycles. The summed E-state index contributed by atoms with van der Waals surface area (Å²) in [5.74, 6) is 0.454. The highest BCUT2D eigenvalue weighted by Gasteiger charge is 2.07. The van der Waals surface area contributed by atoms with Crippen molar-refractivity contribution in [2.75, 3.05) is 26.4 Å². The number of likely N-dealkylation sites (N-methyl/N-ethyl adjacent to an activating group) is 1. The molecule has 0 aliphatic heterocycles. The van der Waals surface area contributed by atoms with Crippen LogP contribution in [0, 0.1) is 0 Å². The third-order valence-electron chi connectivity index (χ3n) is 3.93. The zero-order valence-electron chi connectivity index (χ0n) is 15.2. The summed E-state index contributed by atoms with van der Waals surface area (Å²) in [4.78, 5) is 25.1. The number of nitrogens with zero attached hydrogens (tertiary/aromatic N) is 1. The van der Waals surface area contributed by atoms with Crippen LogP contribution >= 0.6 is 0 Å². The summed E-state index contributed by atoms with van der Waals surface area (Å²) in [6.07, 6.45) is 0.982. The van der Waals surface area contributed by atoms with Gasteiger partial charge >= 0.3 is 0 Å². The van der Waals surface area contributed by atoms with Gasteiger partial charge in [-0.3, -0.25) is 9.59 Å². The smallest absolute Gasteiger partial charge is 0.259 e. The lowest BCUT2D eigenvalue weighted by atomic mass is 10.1. The summed E-state index contributed by atoms with van der Waals surface area (Å²) in [6.45, 7) is 0.392. The fourth-order valence-electron chi connectivity index (χ4n) is 2.32. The summed E-state index contributed by atoms with van der Waals surface area (Å²) in [7, 11) is 3.36. The zero-order chi connectivity index (χ0) is 18.9. The van der Waals surface area contributed by atoms with Crippen molar-refractivity contribution in [2.45, 2.75) is 19.4 Å². The molecule has 0 spiro atoms. The van der Waals surface area contributed by atoms with Crippen molar-refractivity contribution in [1.82, 2.24) is 10.2 Å². The largest absolute Gasteiger partial charge is 0.484 e. The average Bonchev–Trinajstić information content (AvgIpc) is 2.64. The number of nitrogen functional groups attached to an aromatic ring is 1. The number of hydrogen-bond donors (Lipinski definition) is 2. The first kappa shape index (κ1) is 19.3. The van der Waals surface area contributed by atoms with E-state index in [1.165, 1.54) is 4.90 Å². The van der Waals surface area contributed by atoms with Gasteiger partial charge in [0.25, 0.3) is 5.91 Å². The van der Waals surface area contributed by atoms with Crippen molar-refractivity contribution in [3.8, 4) is 5.75 Å². The van der Waals surface area contributed by atoms with Crippen LogP contribution in [0.1, 0.15) is 17.5 Å². The molecule has 0 saturated carbocycles. The fraction of sp³-hybridized carbons (Fsp3) is 0.300. The monoisotopic (exact) mass is 355 g/mol. The molecule has 0 aliphatic carbocycles. The molecule has 2 aromatic rings. The van der Waals surface area contributed by atoms with Crippen LogP contribution in [0.2, 0.25) is 0 Å². The number of aryl methyl sites for hydroxylation is 1. The van der Waals surface area contributed by atoms with E-state index in [9.17, 15) is 9.59 Å². The van der Waals surface area contributed by atoms with Crippen LogP contribution in [0.4, 0.5) is 5.69 Å². The number of anilines is 1. The minimum absolute atomic E-state index is 0.0126. The quantitative estimate of drug-likeness (QED) is 0.709. The molecule has 0 saturated heterocycles. The van der Waals surface area contributed by atoms with Gasteiger partial charge < -0.3 is 20.7 Å². The Labute approximate surface area is 153 Å². The van der Waals surface area contributed by atoms with E-state index in [2.05, 4.69) is 5.32 Å². The van der Waals surface area contributed by atoms with Crippen LogP contribution in [-0.4, -0.2) is 37.4 Å². The van der Waals surface area contributed by atoms with Gasteiger partial charge in [0.2, 0.25) is 5.91 Å². The molecular formula is C20H25N3O3. The highest BCUT2D eigenvalue weighted by Crippen LogP contribution is 2.14. The second kappa shape index (κ2) is 9.46. The van der Waals surface area contributed by atoms with Crippen LogP contribution < -0.4 is 15.8 Å². The van der Waals surface area contributed by atoms with Crippen molar-refractivity contribution in [3.05, 3.63) is 59.7 Å². The number of ether oxygens (including phenoxy) is 1. The van der Waals surface area contributed by atoms with E-state index in [-0.39, 0.29) is 18.4 Å². The predicted octanol–water partition coefficient (Wildman–Crippen LogP) is 1.98. The Morgan fingerprint density at radius 2 is 1.88 bits per heavy atom. The standard InChI is InChI=1S/C20H25N3O3/c1-23(2)20(25)14-26-17-8-5-6-15(12-17)13-22-19(24)11-10-16-7-3-4-9-18(16)21/h3-9,12H,10-11,13-14,21H2,1-2H3,(H,22,24). The summed E-state index contributed by atoms with van der Waals surface area (Å²) in [6, 6.07) is 14.9. The Hall–Kier alpha value is -3.02. The van der Waals surface area contributed by atoms with Crippen molar-refractivity contribution in [1.29, 1.82) is 0 Å². The molecule has 0 fully saturated rings. The topological polar surface area (TPSA) is 84.7 Å². The maximum Gasteiger partial charge on any atom is 0.259 e. The molecule has 0 unspecified atom stereocenters. The Morgan fingerprint density at radius 1 is 1.12 bits per heavy atom. The number of nitrogens with two attached hydrogens (primary N) is 1. The lowest BCUT2D eigenvalue weighted by molar-refractivity contribution is -0.130. The molecule has 3 N–H and O–H groups in total. The molecular weight excluding hydrogens is 330 g/mol. The second-order valence-corrected chi connectivity index (χ2v) is 6.20. The van der Waals surface area contributed by atoms with Gasteiger partial charge in [-0.1, -0.05) is 30.3 Å². The van der Waals surface area contributed by atoms with Crippen molar-refractivity contribution in [2.24, 2.45) is 0 Å². The minimum Gasteiger partial charge on any atom is -0.484 e. The third-order valence-corrected chi connectivity index (χ3v) is 3.93. The minimum atomic E-state index is -0.108. The maximum atomic E-state index is 12.0. The molecule has 2 amide bonds. The van der Waals surface area contributed by atoms with E-state index in [0.29, 0.717) is 30.8 Å². The van der Waals surface area contributed by atoms with Crippen LogP contribution in [0.15, 0.2) is 48.5 Å². The highest BCUT2D eigenvalue weighted by atomic mass is 16.5. The number of rotatable bonds is 8. The molecule has 0 aromatic heterocycles. The van der Waals surface area contributed by atoms with Crippen LogP contribution in [0.25, 0.3) is 0 Å². The van der Waals surface area contributed by atoms with E-state index in [1.807, 2.05) is 42.5 Å². The first-order valence-corrected chi connectivity index (χ1v) is 8.47. The predicted molar refractivity (Wildman–Crippen MR) is 102 cm³/mol. The molecule has 6 nitrogen and oxygen atoms in total. The number of para-hydroxylation sites is 1. The van der Waals surface area contributed by atoms with E-state index in [0.717, 1.165) is 11.1 Å².